The molecule has 0 aromatic rings. The van der Waals surface area contributed by atoms with Gasteiger partial charge in [0.1, 0.15) is 0 Å². The van der Waals surface area contributed by atoms with Crippen molar-refractivity contribution in [3.63, 3.8) is 0 Å². The summed E-state index contributed by atoms with van der Waals surface area (Å²) in [6.07, 6.45) is 7.03. The Kier molecular flexibility index (Phi) is 5.12. The normalized spacial score (nSPS) is 11.0. The van der Waals surface area contributed by atoms with Crippen molar-refractivity contribution in [2.75, 3.05) is 0 Å². The highest BCUT2D eigenvalue weighted by Gasteiger charge is 1.53. The zero-order chi connectivity index (χ0) is 5.54. The van der Waals surface area contributed by atoms with E-state index >= 15 is 0 Å². The van der Waals surface area contributed by atoms with Crippen molar-refractivity contribution in [2.24, 2.45) is 0 Å². The van der Waals surface area contributed by atoms with E-state index in [-0.39, 0.29) is 0 Å². The lowest BCUT2D eigenvalue weighted by Crippen LogP contribution is -1.41. The molecule has 0 aliphatic heterocycles. The van der Waals surface area contributed by atoms with Gasteiger partial charge in [-0.1, -0.05) is 42.5 Å². The fourth-order valence-corrected chi connectivity index (χ4v) is 0.269. The topological polar surface area (TPSA) is 0 Å². The monoisotopic (exact) mass is 114 g/mol. The highest BCUT2D eigenvalue weighted by atomic mass is 35.5. The quantitative estimate of drug-likeness (QED) is 0.484. The van der Waals surface area contributed by atoms with E-state index < -0.39 is 0 Å². The molecule has 0 heterocycles. The molecule has 0 atom stereocenters. The smallest absolute Gasteiger partial charge is 0.00424 e. The lowest BCUT2D eigenvalue weighted by atomic mass is 10.5. The molecule has 0 aliphatic carbocycles. The lowest BCUT2D eigenvalue weighted by molar-refractivity contribution is 1.97. The summed E-state index contributed by atoms with van der Waals surface area (Å²) in [5, 5.41) is 0. The number of hydrogen-bond acceptors (Lipinski definition) is 0. The Labute approximate surface area is 48.8 Å². The van der Waals surface area contributed by atoms with Crippen molar-refractivity contribution >= 4 is 11.6 Å². The van der Waals surface area contributed by atoms with Crippen LogP contribution in [-0.4, -0.2) is 0 Å². The Bertz CT molecular complexity index is 90.4. The Morgan fingerprint density at radius 3 is 2.29 bits per heavy atom. The minimum absolute atomic E-state index is 1.44. The minimum atomic E-state index is 1.44. The van der Waals surface area contributed by atoms with E-state index in [1.807, 2.05) is 0 Å². The Balaban J connectivity index is 3.27. The predicted molar refractivity (Wildman–Crippen MR) is 34.3 cm³/mol. The van der Waals surface area contributed by atoms with E-state index in [2.05, 4.69) is 6.58 Å². The van der Waals surface area contributed by atoms with Gasteiger partial charge >= 0.3 is 0 Å². The van der Waals surface area contributed by atoms with Crippen LogP contribution in [0.2, 0.25) is 0 Å². The van der Waals surface area contributed by atoms with Crippen LogP contribution in [0.5, 0.6) is 0 Å². The van der Waals surface area contributed by atoms with Crippen LogP contribution in [0, 0.1) is 0 Å². The molecular weight excluding hydrogens is 108 g/mol. The molecule has 0 rings (SSSR count). The predicted octanol–water partition coefficient (Wildman–Crippen LogP) is 2.48. The van der Waals surface area contributed by atoms with Gasteiger partial charge in [0.05, 0.1) is 0 Å². The summed E-state index contributed by atoms with van der Waals surface area (Å²) in [5.41, 5.74) is 1.44. The molecule has 38 valence electrons. The van der Waals surface area contributed by atoms with Crippen molar-refractivity contribution in [3.05, 3.63) is 36.4 Å². The minimum Gasteiger partial charge on any atom is -0.0991 e. The second-order valence-electron chi connectivity index (χ2n) is 0.939. The van der Waals surface area contributed by atoms with E-state index in [9.17, 15) is 0 Å². The Morgan fingerprint density at radius 1 is 1.14 bits per heavy atom. The van der Waals surface area contributed by atoms with Gasteiger partial charge in [-0.25, -0.2) is 0 Å². The van der Waals surface area contributed by atoms with Crippen LogP contribution in [0.1, 0.15) is 0 Å². The van der Waals surface area contributed by atoms with Gasteiger partial charge in [-0.2, -0.15) is 0 Å². The van der Waals surface area contributed by atoms with Crippen LogP contribution in [0.25, 0.3) is 0 Å². The average molecular weight is 115 g/mol. The first kappa shape index (κ1) is 6.51. The van der Waals surface area contributed by atoms with Gasteiger partial charge in [0, 0.05) is 5.54 Å². The van der Waals surface area contributed by atoms with Crippen LogP contribution in [0.4, 0.5) is 0 Å². The van der Waals surface area contributed by atoms with Crippen molar-refractivity contribution in [1.82, 2.24) is 0 Å². The molecule has 0 N–H and O–H groups in total. The van der Waals surface area contributed by atoms with Gasteiger partial charge in [0.25, 0.3) is 0 Å². The van der Waals surface area contributed by atoms with E-state index in [4.69, 9.17) is 11.6 Å². The summed E-state index contributed by atoms with van der Waals surface area (Å²) < 4.78 is 0. The first-order valence-electron chi connectivity index (χ1n) is 1.96. The summed E-state index contributed by atoms with van der Waals surface area (Å²) in [5.74, 6) is 0. The molecular formula is C6H7Cl. The summed E-state index contributed by atoms with van der Waals surface area (Å²) >= 11 is 5.17. The summed E-state index contributed by atoms with van der Waals surface area (Å²) in [6, 6.07) is 0. The largest absolute Gasteiger partial charge is 0.0991 e. The number of halogens is 1. The fraction of sp³-hybridized carbons (Fsp3) is 0. The molecule has 1 heteroatoms. The molecule has 0 saturated carbocycles. The van der Waals surface area contributed by atoms with E-state index in [1.54, 1.807) is 24.3 Å². The third-order valence-electron chi connectivity index (χ3n) is 0.431. The third-order valence-corrected chi connectivity index (χ3v) is 0.577. The van der Waals surface area contributed by atoms with Gasteiger partial charge in [0.15, 0.2) is 0 Å². The number of allylic oxidation sites excluding steroid dienone is 4. The summed E-state index contributed by atoms with van der Waals surface area (Å²) in [4.78, 5) is 0. The van der Waals surface area contributed by atoms with Crippen molar-refractivity contribution in [3.8, 4) is 0 Å². The molecule has 0 nitrogen and oxygen atoms in total. The number of rotatable bonds is 2. The molecule has 0 bridgehead atoms. The SMILES string of the molecule is C=CC=CC=CCl. The van der Waals surface area contributed by atoms with Crippen molar-refractivity contribution < 1.29 is 0 Å². The molecule has 0 radical (unpaired) electrons. The van der Waals surface area contributed by atoms with E-state index in [1.165, 1.54) is 5.54 Å². The van der Waals surface area contributed by atoms with Gasteiger partial charge < -0.3 is 0 Å². The van der Waals surface area contributed by atoms with Crippen LogP contribution < -0.4 is 0 Å². The first-order chi connectivity index (χ1) is 3.41. The number of hydrogen-bond donors (Lipinski definition) is 0. The van der Waals surface area contributed by atoms with Crippen molar-refractivity contribution in [2.45, 2.75) is 0 Å². The maximum absolute atomic E-state index is 5.17. The molecule has 0 fully saturated rings. The molecule has 0 unspecified atom stereocenters. The molecule has 0 amide bonds. The Morgan fingerprint density at radius 2 is 1.86 bits per heavy atom. The van der Waals surface area contributed by atoms with E-state index in [0.29, 0.717) is 0 Å². The van der Waals surface area contributed by atoms with Gasteiger partial charge in [-0.15, -0.1) is 0 Å². The molecule has 0 saturated heterocycles. The zero-order valence-corrected chi connectivity index (χ0v) is 4.73. The molecule has 0 aliphatic rings. The summed E-state index contributed by atoms with van der Waals surface area (Å²) in [7, 11) is 0. The lowest BCUT2D eigenvalue weighted by Gasteiger charge is -1.64. The van der Waals surface area contributed by atoms with Crippen LogP contribution >= 0.6 is 11.6 Å². The summed E-state index contributed by atoms with van der Waals surface area (Å²) in [6.45, 7) is 3.47. The van der Waals surface area contributed by atoms with Crippen LogP contribution in [-0.2, 0) is 0 Å². The van der Waals surface area contributed by atoms with Gasteiger partial charge in [-0.05, 0) is 0 Å². The van der Waals surface area contributed by atoms with Gasteiger partial charge in [0.2, 0.25) is 0 Å². The highest BCUT2D eigenvalue weighted by molar-refractivity contribution is 6.25. The average Bonchev–Trinajstić information content (AvgIpc) is 1.69. The first-order valence-corrected chi connectivity index (χ1v) is 2.40. The fourth-order valence-electron chi connectivity index (χ4n) is 0.185. The maximum Gasteiger partial charge on any atom is 0.00424 e. The Hall–Kier alpha value is -0.490. The maximum atomic E-state index is 5.17. The van der Waals surface area contributed by atoms with Gasteiger partial charge in [-0.3, -0.25) is 0 Å². The van der Waals surface area contributed by atoms with E-state index in [0.717, 1.165) is 0 Å². The zero-order valence-electron chi connectivity index (χ0n) is 3.97. The van der Waals surface area contributed by atoms with Crippen LogP contribution in [0.15, 0.2) is 36.4 Å². The van der Waals surface area contributed by atoms with Crippen molar-refractivity contribution in [1.29, 1.82) is 0 Å². The van der Waals surface area contributed by atoms with Crippen LogP contribution in [0.3, 0.4) is 0 Å². The molecule has 0 aromatic carbocycles. The molecule has 0 spiro atoms. The molecule has 7 heavy (non-hydrogen) atoms. The standard InChI is InChI=1S/C6H7Cl/c1-2-3-4-5-6-7/h2-6H,1H2. The third kappa shape index (κ3) is 5.51. The molecule has 0 aromatic heterocycles. The second kappa shape index (κ2) is 5.51. The second-order valence-corrected chi connectivity index (χ2v) is 1.19. The highest BCUT2D eigenvalue weighted by Crippen LogP contribution is 1.79.